The summed E-state index contributed by atoms with van der Waals surface area (Å²) in [6.07, 6.45) is -6.90. The average Bonchev–Trinajstić information content (AvgIpc) is 3.27. The van der Waals surface area contributed by atoms with Crippen LogP contribution in [0.4, 0.5) is 23.9 Å². The summed E-state index contributed by atoms with van der Waals surface area (Å²) in [5, 5.41) is 28.0. The normalized spacial score (nSPS) is 12.6. The Bertz CT molecular complexity index is 1470. The lowest BCUT2D eigenvalue weighted by atomic mass is 10.2. The number of hydrogen-bond donors (Lipinski definition) is 4. The number of urea groups is 1. The summed E-state index contributed by atoms with van der Waals surface area (Å²) >= 11 is 12.1. The fraction of sp³-hybridized carbons (Fsp3) is 0.304. The Kier molecular flexibility index (Phi) is 10.00. The van der Waals surface area contributed by atoms with Crippen molar-refractivity contribution in [2.45, 2.75) is 18.8 Å². The quantitative estimate of drug-likeness (QED) is 0.200. The van der Waals surface area contributed by atoms with Crippen LogP contribution in [0.3, 0.4) is 0 Å². The number of hydrogen-bond acceptors (Lipinski definition) is 8. The van der Waals surface area contributed by atoms with E-state index in [4.69, 9.17) is 28.6 Å². The van der Waals surface area contributed by atoms with Crippen LogP contribution in [-0.2, 0) is 16.4 Å². The molecule has 1 aromatic heterocycles. The molecule has 0 saturated heterocycles. The van der Waals surface area contributed by atoms with Gasteiger partial charge < -0.3 is 15.7 Å². The number of nitrogens with one attached hydrogen (secondary N) is 3. The van der Waals surface area contributed by atoms with E-state index in [1.54, 1.807) is 24.3 Å². The molecule has 4 N–H and O–H groups in total. The van der Waals surface area contributed by atoms with Crippen LogP contribution in [0.25, 0.3) is 5.69 Å². The molecule has 0 bridgehead atoms. The number of aliphatic hydroxyl groups excluding tert-OH is 1. The molecule has 0 aliphatic heterocycles. The predicted molar refractivity (Wildman–Crippen MR) is 144 cm³/mol. The van der Waals surface area contributed by atoms with E-state index >= 15 is 0 Å². The predicted octanol–water partition coefficient (Wildman–Crippen LogP) is 3.49. The summed E-state index contributed by atoms with van der Waals surface area (Å²) in [7, 11) is -3.29. The number of amidine groups is 1. The number of aliphatic hydroxyl groups is 1. The molecular formula is C23H24Cl2F3N7O4S. The molecule has 0 saturated carbocycles. The van der Waals surface area contributed by atoms with E-state index in [0.717, 1.165) is 6.26 Å². The molecule has 3 aromatic rings. The Hall–Kier alpha value is -3.40. The third-order valence-corrected chi connectivity index (χ3v) is 6.77. The summed E-state index contributed by atoms with van der Waals surface area (Å²) in [6.45, 7) is -1.67. The number of benzene rings is 2. The highest BCUT2D eigenvalue weighted by molar-refractivity contribution is 7.90. The van der Waals surface area contributed by atoms with Gasteiger partial charge in [0.05, 0.1) is 29.6 Å². The van der Waals surface area contributed by atoms with Crippen LogP contribution in [0.15, 0.2) is 48.5 Å². The van der Waals surface area contributed by atoms with Gasteiger partial charge in [0.15, 0.2) is 11.9 Å². The number of aromatic nitrogens is 3. The van der Waals surface area contributed by atoms with E-state index < -0.39 is 47.1 Å². The van der Waals surface area contributed by atoms with Gasteiger partial charge in [-0.25, -0.2) is 13.2 Å². The van der Waals surface area contributed by atoms with Gasteiger partial charge in [0.1, 0.15) is 15.7 Å². The minimum Gasteiger partial charge on any atom is -0.382 e. The smallest absolute Gasteiger partial charge is 0.382 e. The first-order chi connectivity index (χ1) is 18.7. The molecule has 216 valence electrons. The Morgan fingerprint density at radius 1 is 1.18 bits per heavy atom. The molecule has 2 aromatic carbocycles. The number of carbonyl (C=O) groups is 1. The van der Waals surface area contributed by atoms with Crippen molar-refractivity contribution in [1.29, 1.82) is 5.41 Å². The molecule has 0 aliphatic rings. The second kappa shape index (κ2) is 12.8. The topological polar surface area (TPSA) is 153 Å². The summed E-state index contributed by atoms with van der Waals surface area (Å²) < 4.78 is 63.6. The number of carbonyl (C=O) groups excluding carboxylic acids is 1. The third-order valence-electron chi connectivity index (χ3n) is 5.25. The van der Waals surface area contributed by atoms with Crippen LogP contribution in [0.5, 0.6) is 0 Å². The highest BCUT2D eigenvalue weighted by atomic mass is 35.5. The lowest BCUT2D eigenvalue weighted by Crippen LogP contribution is -2.50. The molecule has 1 heterocycles. The number of rotatable bonds is 10. The number of anilines is 1. The van der Waals surface area contributed by atoms with Crippen LogP contribution >= 0.6 is 23.2 Å². The maximum Gasteiger partial charge on any atom is 0.416 e. The first kappa shape index (κ1) is 31.1. The Labute approximate surface area is 237 Å². The van der Waals surface area contributed by atoms with Gasteiger partial charge in [-0.1, -0.05) is 35.3 Å². The van der Waals surface area contributed by atoms with E-state index in [-0.39, 0.29) is 34.7 Å². The standard InChI is InChI=1S/C23H24Cl2F3N7O4S/c1-40(38,39)11-10-30-21-32-19(33-35(21)17-5-3-2-4-16(17)25)12-31-22(37)34(13-18(36)23(26,27)28)20(29)14-6-8-15(24)9-7-14/h2-9,18,29,36H,10-13H2,1H3,(H,31,37)(H,30,32,33)/t18-/m0/s1. The molecule has 1 atom stereocenters. The lowest BCUT2D eigenvalue weighted by Gasteiger charge is -2.26. The Morgan fingerprint density at radius 3 is 2.42 bits per heavy atom. The van der Waals surface area contributed by atoms with Crippen molar-refractivity contribution in [2.24, 2.45) is 0 Å². The summed E-state index contributed by atoms with van der Waals surface area (Å²) in [5.41, 5.74) is 0.461. The van der Waals surface area contributed by atoms with Gasteiger partial charge in [0, 0.05) is 23.4 Å². The van der Waals surface area contributed by atoms with Crippen molar-refractivity contribution >= 4 is 50.9 Å². The number of nitrogens with zero attached hydrogens (tertiary/aromatic N) is 4. The molecule has 0 spiro atoms. The third kappa shape index (κ3) is 8.55. The monoisotopic (exact) mass is 621 g/mol. The Morgan fingerprint density at radius 2 is 1.82 bits per heavy atom. The van der Waals surface area contributed by atoms with Crippen LogP contribution < -0.4 is 10.6 Å². The van der Waals surface area contributed by atoms with E-state index in [0.29, 0.717) is 15.6 Å². The molecule has 0 fully saturated rings. The van der Waals surface area contributed by atoms with Crippen molar-refractivity contribution in [2.75, 3.05) is 30.4 Å². The van der Waals surface area contributed by atoms with Crippen LogP contribution in [0, 0.1) is 5.41 Å². The molecule has 0 radical (unpaired) electrons. The maximum absolute atomic E-state index is 13.1. The zero-order chi connectivity index (χ0) is 29.7. The zero-order valence-electron chi connectivity index (χ0n) is 20.8. The van der Waals surface area contributed by atoms with Gasteiger partial charge in [-0.15, -0.1) is 5.10 Å². The van der Waals surface area contributed by atoms with Crippen LogP contribution in [-0.4, -0.2) is 82.4 Å². The number of sulfone groups is 1. The second-order valence-electron chi connectivity index (χ2n) is 8.45. The number of para-hydroxylation sites is 1. The van der Waals surface area contributed by atoms with Crippen molar-refractivity contribution < 1.29 is 31.5 Å². The van der Waals surface area contributed by atoms with Crippen molar-refractivity contribution in [3.8, 4) is 5.69 Å². The van der Waals surface area contributed by atoms with Gasteiger partial charge in [0.2, 0.25) is 5.95 Å². The molecule has 40 heavy (non-hydrogen) atoms. The zero-order valence-corrected chi connectivity index (χ0v) is 23.1. The van der Waals surface area contributed by atoms with E-state index in [1.807, 2.05) is 0 Å². The van der Waals surface area contributed by atoms with Gasteiger partial charge in [0.25, 0.3) is 0 Å². The van der Waals surface area contributed by atoms with Crippen LogP contribution in [0.1, 0.15) is 11.4 Å². The SMILES string of the molecule is CS(=O)(=O)CCNc1nc(CNC(=O)N(C[C@H](O)C(F)(F)F)C(=N)c2ccc(Cl)cc2)nn1-c1ccccc1Cl. The van der Waals surface area contributed by atoms with E-state index in [2.05, 4.69) is 20.7 Å². The first-order valence-electron chi connectivity index (χ1n) is 11.4. The highest BCUT2D eigenvalue weighted by Gasteiger charge is 2.41. The molecule has 2 amide bonds. The number of alkyl halides is 3. The first-order valence-corrected chi connectivity index (χ1v) is 14.2. The molecule has 0 aliphatic carbocycles. The minimum absolute atomic E-state index is 0.00975. The van der Waals surface area contributed by atoms with Gasteiger partial charge in [-0.2, -0.15) is 22.8 Å². The maximum atomic E-state index is 13.1. The average molecular weight is 622 g/mol. The second-order valence-corrected chi connectivity index (χ2v) is 11.6. The molecule has 17 heteroatoms. The van der Waals surface area contributed by atoms with E-state index in [9.17, 15) is 31.5 Å². The molecule has 0 unspecified atom stereocenters. The Balaban J connectivity index is 1.84. The summed E-state index contributed by atoms with van der Waals surface area (Å²) in [5.74, 6) is -0.739. The fourth-order valence-corrected chi connectivity index (χ4v) is 4.06. The molecule has 11 nitrogen and oxygen atoms in total. The van der Waals surface area contributed by atoms with Gasteiger partial charge >= 0.3 is 12.2 Å². The summed E-state index contributed by atoms with van der Waals surface area (Å²) in [6, 6.07) is 10.9. The lowest BCUT2D eigenvalue weighted by molar-refractivity contribution is -0.204. The van der Waals surface area contributed by atoms with Crippen molar-refractivity contribution in [3.05, 3.63) is 70.0 Å². The number of amides is 2. The largest absolute Gasteiger partial charge is 0.416 e. The van der Waals surface area contributed by atoms with Crippen LogP contribution in [0.2, 0.25) is 10.0 Å². The fourth-order valence-electron chi connectivity index (χ4n) is 3.25. The van der Waals surface area contributed by atoms with Gasteiger partial charge in [-0.3, -0.25) is 10.3 Å². The van der Waals surface area contributed by atoms with Crippen molar-refractivity contribution in [3.63, 3.8) is 0 Å². The van der Waals surface area contributed by atoms with E-state index in [1.165, 1.54) is 28.9 Å². The van der Waals surface area contributed by atoms with Gasteiger partial charge in [-0.05, 0) is 36.4 Å². The molecular weight excluding hydrogens is 598 g/mol. The minimum atomic E-state index is -5.04. The molecule has 3 rings (SSSR count). The summed E-state index contributed by atoms with van der Waals surface area (Å²) in [4.78, 5) is 17.6. The van der Waals surface area contributed by atoms with Crippen molar-refractivity contribution in [1.82, 2.24) is 25.0 Å². The highest BCUT2D eigenvalue weighted by Crippen LogP contribution is 2.23. The number of halogens is 5.